The van der Waals surface area contributed by atoms with Gasteiger partial charge in [-0.1, -0.05) is 210 Å². The average molecular weight is 901 g/mol. The van der Waals surface area contributed by atoms with Crippen molar-refractivity contribution in [2.45, 2.75) is 38.5 Å². The first-order valence-electron chi connectivity index (χ1n) is 24.4. The van der Waals surface area contributed by atoms with Gasteiger partial charge in [0.15, 0.2) is 8.07 Å². The number of rotatable bonds is 8. The molecule has 0 saturated heterocycles. The van der Waals surface area contributed by atoms with E-state index in [1.807, 2.05) is 0 Å². The smallest absolute Gasteiger partial charge is 0.183 e. The van der Waals surface area contributed by atoms with E-state index in [1.54, 1.807) is 0 Å². The fourth-order valence-electron chi connectivity index (χ4n) is 12.6. The Bertz CT molecular complexity index is 3430. The fourth-order valence-corrected chi connectivity index (χ4v) is 18.0. The molecule has 0 spiro atoms. The first kappa shape index (κ1) is 41.2. The van der Waals surface area contributed by atoms with Crippen LogP contribution in [0.5, 0.6) is 0 Å². The summed E-state index contributed by atoms with van der Waals surface area (Å²) >= 11 is 0. The minimum Gasteiger partial charge on any atom is -0.311 e. The molecule has 0 atom stereocenters. The SMILES string of the molecule is CC1(C)c2ccccc2-c2ccc(N(c3ccc4c(c3)C(C)(C)c3ccccc3-4)c3cccc4c3-c3cccc(N(c5ccccc5)c5ccccc5)c3[Si]4(c3ccccc3)c3ccccc3)cc21. The van der Waals surface area contributed by atoms with Gasteiger partial charge in [-0.25, -0.2) is 0 Å². The van der Waals surface area contributed by atoms with Gasteiger partial charge < -0.3 is 9.80 Å². The maximum Gasteiger partial charge on any atom is 0.183 e. The van der Waals surface area contributed by atoms with Crippen molar-refractivity contribution in [3.63, 3.8) is 0 Å². The van der Waals surface area contributed by atoms with Crippen molar-refractivity contribution in [2.75, 3.05) is 9.80 Å². The highest BCUT2D eigenvalue weighted by molar-refractivity contribution is 7.23. The summed E-state index contributed by atoms with van der Waals surface area (Å²) in [4.78, 5) is 5.09. The van der Waals surface area contributed by atoms with Gasteiger partial charge in [0.25, 0.3) is 0 Å². The molecule has 1 heterocycles. The summed E-state index contributed by atoms with van der Waals surface area (Å²) < 4.78 is 0. The molecule has 10 aromatic rings. The van der Waals surface area contributed by atoms with Crippen molar-refractivity contribution in [3.8, 4) is 33.4 Å². The molecule has 0 bridgehead atoms. The summed E-state index contributed by atoms with van der Waals surface area (Å²) in [5.41, 5.74) is 20.0. The van der Waals surface area contributed by atoms with Crippen LogP contribution >= 0.6 is 0 Å². The molecule has 0 unspecified atom stereocenters. The molecule has 0 radical (unpaired) electrons. The lowest BCUT2D eigenvalue weighted by atomic mass is 9.82. The Kier molecular flexibility index (Phi) is 9.28. The average Bonchev–Trinajstić information content (AvgIpc) is 3.93. The quantitative estimate of drug-likeness (QED) is 0.140. The molecule has 13 rings (SSSR count). The van der Waals surface area contributed by atoms with Crippen LogP contribution in [0.3, 0.4) is 0 Å². The zero-order chi connectivity index (χ0) is 46.5. The maximum atomic E-state index is 2.60. The first-order chi connectivity index (χ1) is 33.8. The van der Waals surface area contributed by atoms with Gasteiger partial charge in [0.1, 0.15) is 0 Å². The Morgan fingerprint density at radius 1 is 0.304 bits per heavy atom. The van der Waals surface area contributed by atoms with Crippen molar-refractivity contribution in [1.29, 1.82) is 0 Å². The second-order valence-corrected chi connectivity index (χ2v) is 23.7. The molecule has 2 aliphatic carbocycles. The molecule has 0 aromatic heterocycles. The van der Waals surface area contributed by atoms with Gasteiger partial charge in [-0.3, -0.25) is 0 Å². The van der Waals surface area contributed by atoms with Gasteiger partial charge in [-0.15, -0.1) is 0 Å². The molecule has 0 saturated carbocycles. The molecular formula is C66H52N2Si. The van der Waals surface area contributed by atoms with Gasteiger partial charge in [-0.05, 0) is 131 Å². The lowest BCUT2D eigenvalue weighted by Gasteiger charge is -2.36. The van der Waals surface area contributed by atoms with Crippen LogP contribution in [0.25, 0.3) is 33.4 Å². The number of para-hydroxylation sites is 2. The van der Waals surface area contributed by atoms with Gasteiger partial charge in [-0.2, -0.15) is 0 Å². The summed E-state index contributed by atoms with van der Waals surface area (Å²) in [7, 11) is -3.11. The van der Waals surface area contributed by atoms with E-state index in [4.69, 9.17) is 0 Å². The van der Waals surface area contributed by atoms with Gasteiger partial charge in [0, 0.05) is 44.8 Å². The van der Waals surface area contributed by atoms with E-state index in [2.05, 4.69) is 280 Å². The molecule has 0 amide bonds. The molecule has 2 nitrogen and oxygen atoms in total. The summed E-state index contributed by atoms with van der Waals surface area (Å²) in [5.74, 6) is 0. The van der Waals surface area contributed by atoms with E-state index in [1.165, 1.54) is 87.8 Å². The third-order valence-corrected chi connectivity index (χ3v) is 20.6. The van der Waals surface area contributed by atoms with Gasteiger partial charge in [0.2, 0.25) is 0 Å². The topological polar surface area (TPSA) is 6.48 Å². The Morgan fingerprint density at radius 3 is 1.20 bits per heavy atom. The van der Waals surface area contributed by atoms with Gasteiger partial charge in [0.05, 0.1) is 5.69 Å². The molecule has 0 fully saturated rings. The standard InChI is InChI=1S/C66H52N2Si/c1-65(2)56-34-19-17-31-51(56)53-41-39-47(43-58(53)65)68(48-40-42-54-52-32-18-20-35-57(52)66(3,4)59(54)44-48)60-36-22-38-62-63(60)55-33-21-37-61(67(45-23-9-5-10-24-45)46-25-11-6-12-26-46)64(55)69(62,49-27-13-7-14-28-49)50-29-15-8-16-30-50/h5-44H,1-4H3. The Balaban J connectivity index is 1.14. The maximum absolute atomic E-state index is 3.11. The summed E-state index contributed by atoms with van der Waals surface area (Å²) in [6.07, 6.45) is 0. The zero-order valence-corrected chi connectivity index (χ0v) is 40.5. The van der Waals surface area contributed by atoms with E-state index < -0.39 is 8.07 Å². The molecule has 330 valence electrons. The number of hydrogen-bond donors (Lipinski definition) is 0. The van der Waals surface area contributed by atoms with E-state index in [0.29, 0.717) is 0 Å². The number of benzene rings is 10. The Hall–Kier alpha value is -7.98. The molecule has 3 heteroatoms. The van der Waals surface area contributed by atoms with E-state index in [0.717, 1.165) is 22.7 Å². The van der Waals surface area contributed by atoms with Crippen molar-refractivity contribution >= 4 is 62.9 Å². The van der Waals surface area contributed by atoms with Gasteiger partial charge >= 0.3 is 0 Å². The number of hydrogen-bond acceptors (Lipinski definition) is 2. The van der Waals surface area contributed by atoms with E-state index in [9.17, 15) is 0 Å². The van der Waals surface area contributed by atoms with Crippen LogP contribution in [0.2, 0.25) is 0 Å². The summed E-state index contributed by atoms with van der Waals surface area (Å²) in [5, 5.41) is 5.52. The third-order valence-electron chi connectivity index (χ3n) is 15.7. The normalized spacial score (nSPS) is 14.7. The van der Waals surface area contributed by atoms with Crippen LogP contribution in [0.1, 0.15) is 49.9 Å². The zero-order valence-electron chi connectivity index (χ0n) is 39.5. The first-order valence-corrected chi connectivity index (χ1v) is 26.4. The van der Waals surface area contributed by atoms with Crippen LogP contribution in [0, 0.1) is 0 Å². The van der Waals surface area contributed by atoms with Crippen LogP contribution in [-0.2, 0) is 10.8 Å². The molecule has 69 heavy (non-hydrogen) atoms. The number of fused-ring (bicyclic) bond motifs is 9. The largest absolute Gasteiger partial charge is 0.311 e. The fraction of sp³-hybridized carbons (Fsp3) is 0.0909. The molecule has 1 aliphatic heterocycles. The van der Waals surface area contributed by atoms with Crippen molar-refractivity contribution in [1.82, 2.24) is 0 Å². The molecule has 3 aliphatic rings. The number of nitrogens with zero attached hydrogens (tertiary/aromatic N) is 2. The van der Waals surface area contributed by atoms with Crippen LogP contribution < -0.4 is 30.5 Å². The second kappa shape index (κ2) is 15.5. The van der Waals surface area contributed by atoms with Crippen molar-refractivity contribution in [2.24, 2.45) is 0 Å². The van der Waals surface area contributed by atoms with Crippen LogP contribution in [-0.4, -0.2) is 8.07 Å². The highest BCUT2D eigenvalue weighted by atomic mass is 28.3. The molecule has 10 aromatic carbocycles. The summed E-state index contributed by atoms with van der Waals surface area (Å²) in [6.45, 7) is 9.57. The third kappa shape index (κ3) is 5.97. The predicted molar refractivity (Wildman–Crippen MR) is 294 cm³/mol. The summed E-state index contributed by atoms with van der Waals surface area (Å²) in [6, 6.07) is 91.5. The lowest BCUT2D eigenvalue weighted by molar-refractivity contribution is 0.660. The van der Waals surface area contributed by atoms with E-state index >= 15 is 0 Å². The highest BCUT2D eigenvalue weighted by Gasteiger charge is 2.52. The number of anilines is 6. The molecular weight excluding hydrogens is 849 g/mol. The second-order valence-electron chi connectivity index (χ2n) is 20.0. The predicted octanol–water partition coefficient (Wildman–Crippen LogP) is 14.6. The highest BCUT2D eigenvalue weighted by Crippen LogP contribution is 2.54. The monoisotopic (exact) mass is 900 g/mol. The minimum atomic E-state index is -3.11. The van der Waals surface area contributed by atoms with E-state index in [-0.39, 0.29) is 10.8 Å². The van der Waals surface area contributed by atoms with Crippen LogP contribution in [0.4, 0.5) is 34.1 Å². The minimum absolute atomic E-state index is 0.170. The Labute approximate surface area is 407 Å². The van der Waals surface area contributed by atoms with Crippen molar-refractivity contribution in [3.05, 3.63) is 265 Å². The lowest BCUT2D eigenvalue weighted by Crippen LogP contribution is -2.73. The Morgan fingerprint density at radius 2 is 0.696 bits per heavy atom. The molecule has 0 N–H and O–H groups in total. The van der Waals surface area contributed by atoms with Crippen molar-refractivity contribution < 1.29 is 0 Å². The van der Waals surface area contributed by atoms with Crippen LogP contribution in [0.15, 0.2) is 243 Å².